The van der Waals surface area contributed by atoms with E-state index in [0.717, 1.165) is 19.9 Å². The van der Waals surface area contributed by atoms with Crippen LogP contribution in [0.15, 0.2) is 24.3 Å². The Morgan fingerprint density at radius 3 is 1.61 bits per heavy atom. The van der Waals surface area contributed by atoms with Gasteiger partial charge in [-0.2, -0.15) is 0 Å². The van der Waals surface area contributed by atoms with Crippen molar-refractivity contribution in [2.24, 2.45) is 0 Å². The lowest BCUT2D eigenvalue weighted by Gasteiger charge is -2.44. The van der Waals surface area contributed by atoms with Crippen molar-refractivity contribution in [3.05, 3.63) is 44.8 Å². The Morgan fingerprint density at radius 1 is 0.786 bits per heavy atom. The Bertz CT molecular complexity index is 919. The summed E-state index contributed by atoms with van der Waals surface area (Å²) in [6.45, 7) is 14.3. The van der Waals surface area contributed by atoms with E-state index in [9.17, 15) is 20.5 Å². The lowest BCUT2D eigenvalue weighted by atomic mass is 9.84. The lowest BCUT2D eigenvalue weighted by Crippen LogP contribution is -2.52. The molecule has 1 aromatic rings. The number of rotatable bonds is 0. The topological polar surface area (TPSA) is 93.3 Å². The van der Waals surface area contributed by atoms with Crippen LogP contribution in [0.5, 0.6) is 0 Å². The number of nitroso groups, excluding NO2 is 1. The van der Waals surface area contributed by atoms with Crippen molar-refractivity contribution in [2.75, 3.05) is 0 Å². The average molecular weight is 390 g/mol. The van der Waals surface area contributed by atoms with Gasteiger partial charge in [-0.1, -0.05) is 17.0 Å². The van der Waals surface area contributed by atoms with Crippen molar-refractivity contribution in [1.82, 2.24) is 15.2 Å². The summed E-state index contributed by atoms with van der Waals surface area (Å²) in [5, 5.41) is 38.0. The van der Waals surface area contributed by atoms with Crippen molar-refractivity contribution < 1.29 is 15.2 Å². The molecule has 154 valence electrons. The highest BCUT2D eigenvalue weighted by atomic mass is 16.6. The van der Waals surface area contributed by atoms with E-state index in [0.29, 0.717) is 10.4 Å². The molecular weight excluding hydrogens is 360 g/mol. The molecule has 2 fully saturated rings. The largest absolute Gasteiger partial charge is 0.757 e. The summed E-state index contributed by atoms with van der Waals surface area (Å²) >= 11 is 0. The molecule has 0 spiro atoms. The third kappa shape index (κ3) is 2.28. The van der Waals surface area contributed by atoms with E-state index < -0.39 is 22.2 Å². The van der Waals surface area contributed by atoms with E-state index in [2.05, 4.69) is 0 Å². The van der Waals surface area contributed by atoms with Crippen molar-refractivity contribution in [2.45, 2.75) is 77.5 Å². The van der Waals surface area contributed by atoms with E-state index in [4.69, 9.17) is 0 Å². The van der Waals surface area contributed by atoms with Crippen LogP contribution in [0.2, 0.25) is 0 Å². The van der Waals surface area contributed by atoms with Gasteiger partial charge in [-0.25, -0.2) is 10.3 Å². The highest BCUT2D eigenvalue weighted by molar-refractivity contribution is 5.49. The van der Waals surface area contributed by atoms with Crippen LogP contribution in [0.3, 0.4) is 0 Å². The third-order valence-electron chi connectivity index (χ3n) is 7.26. The smallest absolute Gasteiger partial charge is 0.354 e. The van der Waals surface area contributed by atoms with Crippen LogP contribution in [-0.2, 0) is 0 Å². The molecule has 0 atom stereocenters. The Balaban J connectivity index is 2.20. The predicted octanol–water partition coefficient (Wildman–Crippen LogP) is 1.92. The summed E-state index contributed by atoms with van der Waals surface area (Å²) in [4.78, 5) is 12.8. The zero-order valence-corrected chi connectivity index (χ0v) is 17.8. The molecule has 2 heterocycles. The van der Waals surface area contributed by atoms with Gasteiger partial charge in [0.15, 0.2) is 11.1 Å². The molecule has 0 radical (unpaired) electrons. The zero-order valence-electron chi connectivity index (χ0n) is 17.8. The van der Waals surface area contributed by atoms with Gasteiger partial charge in [0.05, 0.1) is 10.8 Å². The maximum Gasteiger partial charge on any atom is 0.354 e. The molecule has 3 rings (SSSR count). The summed E-state index contributed by atoms with van der Waals surface area (Å²) in [5.74, 6) is 0.303. The Kier molecular flexibility index (Phi) is 4.18. The number of hydrogen-bond acceptors (Lipinski definition) is 7. The van der Waals surface area contributed by atoms with Gasteiger partial charge in [0.1, 0.15) is 5.82 Å². The minimum Gasteiger partial charge on any atom is -0.757 e. The second-order valence-corrected chi connectivity index (χ2v) is 9.67. The van der Waals surface area contributed by atoms with Crippen molar-refractivity contribution in [3.8, 4) is 0 Å². The fourth-order valence-corrected chi connectivity index (χ4v) is 3.49. The number of nitrogens with zero attached hydrogens (tertiary/aromatic N) is 4. The highest BCUT2D eigenvalue weighted by Gasteiger charge is 2.64. The SMILES string of the molecule is CC1(C)N([O-])C(=c2ccc(=C3N(O)C(C)(C)C(C)(C)[N+]3=O)cc2)N(O)C1(C)C. The van der Waals surface area contributed by atoms with E-state index in [1.165, 1.54) is 0 Å². The molecule has 2 N–H and O–H groups in total. The molecule has 1 aromatic carbocycles. The lowest BCUT2D eigenvalue weighted by molar-refractivity contribution is -0.532. The normalized spacial score (nSPS) is 25.1. The first kappa shape index (κ1) is 20.6. The second kappa shape index (κ2) is 5.68. The zero-order chi connectivity index (χ0) is 21.4. The first-order valence-electron chi connectivity index (χ1n) is 9.38. The quantitative estimate of drug-likeness (QED) is 0.654. The monoisotopic (exact) mass is 390 g/mol. The average Bonchev–Trinajstić information content (AvgIpc) is 2.80. The summed E-state index contributed by atoms with van der Waals surface area (Å²) in [5.41, 5.74) is -3.25. The molecular formula is C20H30N4O4. The van der Waals surface area contributed by atoms with Crippen LogP contribution < -0.4 is 10.4 Å². The Hall–Kier alpha value is -2.16. The standard InChI is InChI=1S/C20H30N4O4/c1-17(2)18(3,4)22(26)15(21(17)25)13-9-11-14(12-10-13)16-23(27)19(5,6)20(7,8)24(16)28/h9-12,25,27H,1-8H3. The summed E-state index contributed by atoms with van der Waals surface area (Å²) in [7, 11) is 0. The van der Waals surface area contributed by atoms with Crippen LogP contribution >= 0.6 is 0 Å². The van der Waals surface area contributed by atoms with Crippen LogP contribution in [0.25, 0.3) is 11.6 Å². The molecule has 0 aliphatic carbocycles. The van der Waals surface area contributed by atoms with Crippen molar-refractivity contribution in [1.29, 1.82) is 0 Å². The molecule has 0 saturated carbocycles. The van der Waals surface area contributed by atoms with Gasteiger partial charge in [-0.15, -0.1) is 5.06 Å². The molecule has 2 saturated heterocycles. The maximum atomic E-state index is 12.8. The fourth-order valence-electron chi connectivity index (χ4n) is 3.49. The van der Waals surface area contributed by atoms with Gasteiger partial charge in [-0.3, -0.25) is 5.21 Å². The Morgan fingerprint density at radius 2 is 1.25 bits per heavy atom. The highest BCUT2D eigenvalue weighted by Crippen LogP contribution is 2.44. The number of hydrogen-bond donors (Lipinski definition) is 2. The van der Waals surface area contributed by atoms with E-state index in [1.54, 1.807) is 79.7 Å². The van der Waals surface area contributed by atoms with Gasteiger partial charge >= 0.3 is 5.82 Å². The van der Waals surface area contributed by atoms with Crippen molar-refractivity contribution in [3.63, 3.8) is 0 Å². The molecule has 0 aromatic heterocycles. The third-order valence-corrected chi connectivity index (χ3v) is 7.26. The molecule has 2 aliphatic heterocycles. The molecule has 28 heavy (non-hydrogen) atoms. The van der Waals surface area contributed by atoms with E-state index in [1.807, 2.05) is 0 Å². The van der Waals surface area contributed by atoms with Gasteiger partial charge in [0, 0.05) is 10.8 Å². The summed E-state index contributed by atoms with van der Waals surface area (Å²) in [6, 6.07) is 6.68. The molecule has 8 heteroatoms. The summed E-state index contributed by atoms with van der Waals surface area (Å²) in [6.07, 6.45) is 0. The molecule has 0 amide bonds. The minimum atomic E-state index is -0.836. The molecule has 0 unspecified atom stereocenters. The van der Waals surface area contributed by atoms with Crippen LogP contribution in [0, 0.1) is 10.1 Å². The second-order valence-electron chi connectivity index (χ2n) is 9.67. The Labute approximate surface area is 165 Å². The van der Waals surface area contributed by atoms with Gasteiger partial charge < -0.3 is 10.3 Å². The summed E-state index contributed by atoms with van der Waals surface area (Å²) < 4.78 is 0.815. The van der Waals surface area contributed by atoms with Crippen LogP contribution in [0.1, 0.15) is 55.4 Å². The van der Waals surface area contributed by atoms with Crippen LogP contribution in [-0.4, -0.2) is 52.5 Å². The van der Waals surface area contributed by atoms with Gasteiger partial charge in [0.2, 0.25) is 0 Å². The maximum absolute atomic E-state index is 12.8. The molecule has 8 nitrogen and oxygen atoms in total. The van der Waals surface area contributed by atoms with E-state index >= 15 is 0 Å². The van der Waals surface area contributed by atoms with Gasteiger partial charge in [-0.05, 0) is 72.3 Å². The first-order valence-corrected chi connectivity index (χ1v) is 9.38. The first-order chi connectivity index (χ1) is 12.6. The van der Waals surface area contributed by atoms with Crippen LogP contribution in [0.4, 0.5) is 0 Å². The van der Waals surface area contributed by atoms with Crippen molar-refractivity contribution >= 4 is 11.6 Å². The minimum absolute atomic E-state index is 0.151. The molecule has 2 aliphatic rings. The molecule has 0 bridgehead atoms. The fraction of sp³-hybridized carbons (Fsp3) is 0.600. The number of hydroxylamine groups is 6. The van der Waals surface area contributed by atoms with E-state index in [-0.39, 0.29) is 11.6 Å². The predicted molar refractivity (Wildman–Crippen MR) is 105 cm³/mol. The van der Waals surface area contributed by atoms with Gasteiger partial charge in [0.25, 0.3) is 0 Å². The number of benzene rings is 1.